The Kier molecular flexibility index (Phi) is 7.87. The van der Waals surface area contributed by atoms with Gasteiger partial charge in [-0.2, -0.15) is 0 Å². The lowest BCUT2D eigenvalue weighted by Gasteiger charge is -2.13. The summed E-state index contributed by atoms with van der Waals surface area (Å²) >= 11 is 3.44. The molecular weight excluding hydrogens is 424 g/mol. The van der Waals surface area contributed by atoms with E-state index in [0.29, 0.717) is 17.4 Å². The first-order chi connectivity index (χ1) is 13.3. The summed E-state index contributed by atoms with van der Waals surface area (Å²) in [6.07, 6.45) is 0. The zero-order valence-corrected chi connectivity index (χ0v) is 18.1. The molecule has 2 rings (SSSR count). The molecule has 0 spiro atoms. The second-order valence-electron chi connectivity index (χ2n) is 6.74. The minimum Gasteiger partial charge on any atom is -0.483 e. The van der Waals surface area contributed by atoms with Crippen LogP contribution in [-0.2, 0) is 9.59 Å². The van der Waals surface area contributed by atoms with Gasteiger partial charge in [0.15, 0.2) is 13.2 Å². The Labute approximate surface area is 173 Å². The molecule has 2 amide bonds. The number of aryl methyl sites for hydroxylation is 2. The summed E-state index contributed by atoms with van der Waals surface area (Å²) in [4.78, 5) is 23.8. The van der Waals surface area contributed by atoms with Crippen molar-refractivity contribution in [3.8, 4) is 11.5 Å². The van der Waals surface area contributed by atoms with Crippen LogP contribution in [0.1, 0.15) is 36.5 Å². The van der Waals surface area contributed by atoms with Crippen molar-refractivity contribution in [2.45, 2.75) is 33.6 Å². The highest BCUT2D eigenvalue weighted by Crippen LogP contribution is 2.28. The lowest BCUT2D eigenvalue weighted by molar-refractivity contribution is -0.131. The maximum Gasteiger partial charge on any atom is 0.276 e. The van der Waals surface area contributed by atoms with Gasteiger partial charge in [0.05, 0.1) is 4.47 Å². The fraction of sp³-hybridized carbons (Fsp3) is 0.333. The number of amides is 2. The Hall–Kier alpha value is -2.54. The van der Waals surface area contributed by atoms with E-state index in [0.717, 1.165) is 15.6 Å². The predicted octanol–water partition coefficient (Wildman–Crippen LogP) is 3.79. The molecule has 0 aliphatic rings. The molecule has 0 unspecified atom stereocenters. The molecule has 0 aromatic heterocycles. The van der Waals surface area contributed by atoms with E-state index < -0.39 is 11.8 Å². The summed E-state index contributed by atoms with van der Waals surface area (Å²) in [5, 5.41) is 0. The van der Waals surface area contributed by atoms with Crippen LogP contribution in [0.2, 0.25) is 0 Å². The molecule has 0 saturated heterocycles. The Morgan fingerprint density at radius 1 is 0.964 bits per heavy atom. The molecule has 0 aliphatic heterocycles. The normalized spacial score (nSPS) is 10.5. The first kappa shape index (κ1) is 21.8. The molecule has 0 heterocycles. The van der Waals surface area contributed by atoms with E-state index in [-0.39, 0.29) is 13.2 Å². The fourth-order valence-electron chi connectivity index (χ4n) is 2.51. The molecule has 2 aromatic carbocycles. The van der Waals surface area contributed by atoms with Gasteiger partial charge >= 0.3 is 0 Å². The van der Waals surface area contributed by atoms with Crippen LogP contribution in [0, 0.1) is 13.8 Å². The number of halogens is 1. The molecule has 0 radical (unpaired) electrons. The highest BCUT2D eigenvalue weighted by atomic mass is 79.9. The molecule has 0 bridgehead atoms. The average Bonchev–Trinajstić information content (AvgIpc) is 2.64. The zero-order chi connectivity index (χ0) is 20.7. The molecule has 6 nitrogen and oxygen atoms in total. The number of hydrazine groups is 1. The second-order valence-corrected chi connectivity index (χ2v) is 7.59. The third kappa shape index (κ3) is 6.27. The van der Waals surface area contributed by atoms with Crippen molar-refractivity contribution < 1.29 is 19.1 Å². The lowest BCUT2D eigenvalue weighted by Crippen LogP contribution is -2.45. The number of hydrogen-bond acceptors (Lipinski definition) is 4. The van der Waals surface area contributed by atoms with E-state index in [1.807, 2.05) is 50.2 Å². The van der Waals surface area contributed by atoms with Crippen molar-refractivity contribution in [3.05, 3.63) is 57.6 Å². The van der Waals surface area contributed by atoms with Gasteiger partial charge in [0.25, 0.3) is 11.8 Å². The zero-order valence-electron chi connectivity index (χ0n) is 16.5. The molecule has 0 saturated carbocycles. The average molecular weight is 449 g/mol. The number of nitrogens with one attached hydrogen (secondary N) is 2. The highest BCUT2D eigenvalue weighted by Gasteiger charge is 2.10. The van der Waals surface area contributed by atoms with Gasteiger partial charge in [0.1, 0.15) is 11.5 Å². The summed E-state index contributed by atoms with van der Waals surface area (Å²) < 4.78 is 11.8. The van der Waals surface area contributed by atoms with Crippen LogP contribution in [-0.4, -0.2) is 25.0 Å². The van der Waals surface area contributed by atoms with Gasteiger partial charge in [-0.05, 0) is 64.5 Å². The highest BCUT2D eigenvalue weighted by molar-refractivity contribution is 9.10. The van der Waals surface area contributed by atoms with Crippen LogP contribution < -0.4 is 20.3 Å². The third-order valence-corrected chi connectivity index (χ3v) is 4.70. The van der Waals surface area contributed by atoms with E-state index >= 15 is 0 Å². The van der Waals surface area contributed by atoms with Gasteiger partial charge in [-0.3, -0.25) is 20.4 Å². The van der Waals surface area contributed by atoms with Crippen molar-refractivity contribution in [1.82, 2.24) is 10.9 Å². The monoisotopic (exact) mass is 448 g/mol. The number of rotatable bonds is 7. The van der Waals surface area contributed by atoms with Gasteiger partial charge in [-0.15, -0.1) is 0 Å². The second kappa shape index (κ2) is 10.1. The van der Waals surface area contributed by atoms with Gasteiger partial charge < -0.3 is 9.47 Å². The topological polar surface area (TPSA) is 76.7 Å². The quantitative estimate of drug-likeness (QED) is 0.631. The number of benzene rings is 2. The summed E-state index contributed by atoms with van der Waals surface area (Å²) in [6.45, 7) is 7.59. The Morgan fingerprint density at radius 2 is 1.54 bits per heavy atom. The van der Waals surface area contributed by atoms with Crippen molar-refractivity contribution in [2.75, 3.05) is 13.2 Å². The summed E-state index contributed by atoms with van der Waals surface area (Å²) in [6, 6.07) is 11.5. The molecule has 0 fully saturated rings. The van der Waals surface area contributed by atoms with Crippen molar-refractivity contribution in [1.29, 1.82) is 0 Å². The van der Waals surface area contributed by atoms with Gasteiger partial charge in [0.2, 0.25) is 0 Å². The largest absolute Gasteiger partial charge is 0.483 e. The first-order valence-electron chi connectivity index (χ1n) is 8.97. The molecule has 2 aromatic rings. The van der Waals surface area contributed by atoms with E-state index in [4.69, 9.17) is 9.47 Å². The minimum atomic E-state index is -0.472. The van der Waals surface area contributed by atoms with Crippen LogP contribution in [0.15, 0.2) is 40.9 Å². The molecular formula is C21H25BrN2O4. The third-order valence-electron chi connectivity index (χ3n) is 4.08. The number of carbonyl (C=O) groups excluding carboxylic acids is 2. The van der Waals surface area contributed by atoms with Crippen molar-refractivity contribution in [3.63, 3.8) is 0 Å². The molecule has 2 N–H and O–H groups in total. The van der Waals surface area contributed by atoms with Crippen molar-refractivity contribution >= 4 is 27.7 Å². The molecule has 7 heteroatoms. The van der Waals surface area contributed by atoms with Gasteiger partial charge in [-0.1, -0.05) is 38.1 Å². The minimum absolute atomic E-state index is 0.199. The predicted molar refractivity (Wildman–Crippen MR) is 111 cm³/mol. The number of carbonyl (C=O) groups is 2. The summed E-state index contributed by atoms with van der Waals surface area (Å²) in [5.74, 6) is 0.694. The molecule has 0 atom stereocenters. The van der Waals surface area contributed by atoms with E-state index in [1.54, 1.807) is 0 Å². The molecule has 28 heavy (non-hydrogen) atoms. The van der Waals surface area contributed by atoms with Gasteiger partial charge in [0, 0.05) is 0 Å². The Balaban J connectivity index is 1.75. The van der Waals surface area contributed by atoms with E-state index in [1.165, 1.54) is 5.56 Å². The van der Waals surface area contributed by atoms with Crippen molar-refractivity contribution in [2.24, 2.45) is 0 Å². The lowest BCUT2D eigenvalue weighted by atomic mass is 10.0. The van der Waals surface area contributed by atoms with E-state index in [9.17, 15) is 9.59 Å². The maximum atomic E-state index is 11.9. The smallest absolute Gasteiger partial charge is 0.276 e. The van der Waals surface area contributed by atoms with Crippen LogP contribution in [0.5, 0.6) is 11.5 Å². The van der Waals surface area contributed by atoms with Crippen LogP contribution in [0.3, 0.4) is 0 Å². The Bertz CT molecular complexity index is 832. The SMILES string of the molecule is Cc1cccc(C)c1OCC(=O)NNC(=O)COc1ccc(C(C)C)cc1Br. The van der Waals surface area contributed by atoms with Gasteiger partial charge in [-0.25, -0.2) is 0 Å². The molecule has 150 valence electrons. The first-order valence-corrected chi connectivity index (χ1v) is 9.76. The molecule has 0 aliphatic carbocycles. The standard InChI is InChI=1S/C21H25BrN2O4/c1-13(2)16-8-9-18(17(22)10-16)27-11-19(25)23-24-20(26)12-28-21-14(3)6-5-7-15(21)4/h5-10,13H,11-12H2,1-4H3,(H,23,25)(H,24,26). The van der Waals surface area contributed by atoms with E-state index in [2.05, 4.69) is 40.6 Å². The van der Waals surface area contributed by atoms with Crippen LogP contribution >= 0.6 is 15.9 Å². The number of hydrogen-bond donors (Lipinski definition) is 2. The Morgan fingerprint density at radius 3 is 2.07 bits per heavy atom. The van der Waals surface area contributed by atoms with Crippen LogP contribution in [0.4, 0.5) is 0 Å². The fourth-order valence-corrected chi connectivity index (χ4v) is 3.02. The number of ether oxygens (including phenoxy) is 2. The number of para-hydroxylation sites is 1. The maximum absolute atomic E-state index is 11.9. The van der Waals surface area contributed by atoms with Crippen LogP contribution in [0.25, 0.3) is 0 Å². The summed E-state index contributed by atoms with van der Waals surface area (Å²) in [5.41, 5.74) is 7.67. The summed E-state index contributed by atoms with van der Waals surface area (Å²) in [7, 11) is 0.